The molecule has 0 bridgehead atoms. The van der Waals surface area contributed by atoms with Gasteiger partial charge in [-0.2, -0.15) is 0 Å². The Balaban J connectivity index is 1.34. The summed E-state index contributed by atoms with van der Waals surface area (Å²) in [6.45, 7) is 0.555. The Kier molecular flexibility index (Phi) is 8.59. The zero-order valence-electron chi connectivity index (χ0n) is 20.4. The first-order valence-electron chi connectivity index (χ1n) is 11.8. The lowest BCUT2D eigenvalue weighted by Gasteiger charge is -2.12. The van der Waals surface area contributed by atoms with Gasteiger partial charge >= 0.3 is 0 Å². The Hall–Kier alpha value is -4.53. The van der Waals surface area contributed by atoms with Gasteiger partial charge in [-0.25, -0.2) is 4.39 Å². The number of ether oxygens (including phenoxy) is 2. The number of hydrogen-bond acceptors (Lipinski definition) is 6. The van der Waals surface area contributed by atoms with E-state index in [1.54, 1.807) is 36.4 Å². The lowest BCUT2D eigenvalue weighted by molar-refractivity contribution is -0.121. The molecule has 2 N–H and O–H groups in total. The number of nitrogens with one attached hydrogen (secondary N) is 2. The molecular weight excluding hydrogens is 475 g/mol. The monoisotopic (exact) mass is 502 g/mol. The van der Waals surface area contributed by atoms with Crippen LogP contribution >= 0.6 is 0 Å². The summed E-state index contributed by atoms with van der Waals surface area (Å²) >= 11 is 0. The van der Waals surface area contributed by atoms with Crippen LogP contribution in [0.25, 0.3) is 11.4 Å². The summed E-state index contributed by atoms with van der Waals surface area (Å²) in [7, 11) is 1.48. The Labute approximate surface area is 213 Å². The number of methoxy groups -OCH3 is 1. The van der Waals surface area contributed by atoms with E-state index in [0.717, 1.165) is 12.0 Å². The van der Waals surface area contributed by atoms with Gasteiger partial charge in [0, 0.05) is 30.5 Å². The number of aryl methyl sites for hydroxylation is 1. The third-order valence-corrected chi connectivity index (χ3v) is 5.71. The highest BCUT2D eigenvalue weighted by molar-refractivity contribution is 5.76. The molecule has 9 heteroatoms. The molecule has 0 fully saturated rings. The van der Waals surface area contributed by atoms with Crippen molar-refractivity contribution in [1.82, 2.24) is 20.5 Å². The second-order valence-corrected chi connectivity index (χ2v) is 8.28. The number of rotatable bonds is 11. The van der Waals surface area contributed by atoms with Crippen molar-refractivity contribution >= 4 is 5.91 Å². The number of carbonyl (C=O) groups excluding carboxylic acids is 1. The van der Waals surface area contributed by atoms with Gasteiger partial charge in [0.05, 0.1) is 7.11 Å². The Morgan fingerprint density at radius 3 is 2.51 bits per heavy atom. The van der Waals surface area contributed by atoms with Crippen molar-refractivity contribution < 1.29 is 18.7 Å². The SMILES string of the molecule is COc1cc(-c2nnc(CCC(=O)NCCc3ccccc3)c(=O)[nH]2)ccc1OCc1ccccc1F. The molecular formula is C28H27FN4O4. The molecule has 0 unspecified atom stereocenters. The van der Waals surface area contributed by atoms with Crippen LogP contribution in [-0.2, 0) is 24.2 Å². The highest BCUT2D eigenvalue weighted by atomic mass is 19.1. The second-order valence-electron chi connectivity index (χ2n) is 8.28. The summed E-state index contributed by atoms with van der Waals surface area (Å²) in [6, 6.07) is 21.2. The van der Waals surface area contributed by atoms with Crippen LogP contribution in [-0.4, -0.2) is 34.7 Å². The lowest BCUT2D eigenvalue weighted by atomic mass is 10.1. The minimum atomic E-state index is -0.416. The van der Waals surface area contributed by atoms with Gasteiger partial charge in [-0.1, -0.05) is 48.5 Å². The molecule has 4 aromatic rings. The Bertz CT molecular complexity index is 1410. The molecule has 0 spiro atoms. The number of carbonyl (C=O) groups is 1. The van der Waals surface area contributed by atoms with Crippen molar-refractivity contribution in [3.05, 3.63) is 106 Å². The van der Waals surface area contributed by atoms with Gasteiger partial charge in [0.15, 0.2) is 17.3 Å². The number of H-pyrrole nitrogens is 1. The zero-order chi connectivity index (χ0) is 26.0. The fraction of sp³-hybridized carbons (Fsp3) is 0.214. The van der Waals surface area contributed by atoms with Gasteiger partial charge in [0.2, 0.25) is 5.91 Å². The van der Waals surface area contributed by atoms with Crippen LogP contribution in [0.1, 0.15) is 23.2 Å². The molecule has 0 aliphatic rings. The molecule has 0 aliphatic heterocycles. The van der Waals surface area contributed by atoms with Crippen molar-refractivity contribution in [2.45, 2.75) is 25.9 Å². The van der Waals surface area contributed by atoms with E-state index in [4.69, 9.17) is 9.47 Å². The maximum absolute atomic E-state index is 13.9. The number of hydrogen-bond donors (Lipinski definition) is 2. The summed E-state index contributed by atoms with van der Waals surface area (Å²) in [5.41, 5.74) is 1.89. The van der Waals surface area contributed by atoms with Gasteiger partial charge in [0.1, 0.15) is 18.1 Å². The molecule has 190 valence electrons. The highest BCUT2D eigenvalue weighted by Crippen LogP contribution is 2.31. The molecule has 1 heterocycles. The van der Waals surface area contributed by atoms with Crippen molar-refractivity contribution in [2.24, 2.45) is 0 Å². The Morgan fingerprint density at radius 1 is 0.973 bits per heavy atom. The molecule has 3 aromatic carbocycles. The highest BCUT2D eigenvalue weighted by Gasteiger charge is 2.13. The topological polar surface area (TPSA) is 106 Å². The molecule has 1 amide bonds. The van der Waals surface area contributed by atoms with Crippen LogP contribution in [0.3, 0.4) is 0 Å². The minimum absolute atomic E-state index is 0.0353. The predicted octanol–water partition coefficient (Wildman–Crippen LogP) is 3.85. The average molecular weight is 503 g/mol. The number of amides is 1. The first-order chi connectivity index (χ1) is 18.0. The summed E-state index contributed by atoms with van der Waals surface area (Å²) in [4.78, 5) is 27.4. The van der Waals surface area contributed by atoms with Gasteiger partial charge in [-0.05, 0) is 36.2 Å². The summed E-state index contributed by atoms with van der Waals surface area (Å²) in [5.74, 6) is 0.556. The summed E-state index contributed by atoms with van der Waals surface area (Å²) in [5, 5.41) is 11.0. The number of aromatic amines is 1. The fourth-order valence-corrected chi connectivity index (χ4v) is 3.67. The minimum Gasteiger partial charge on any atom is -0.493 e. The van der Waals surface area contributed by atoms with Crippen molar-refractivity contribution in [1.29, 1.82) is 0 Å². The van der Waals surface area contributed by atoms with E-state index in [-0.39, 0.29) is 42.7 Å². The first kappa shape index (κ1) is 25.6. The largest absolute Gasteiger partial charge is 0.493 e. The third kappa shape index (κ3) is 7.00. The van der Waals surface area contributed by atoms with E-state index in [2.05, 4.69) is 20.5 Å². The van der Waals surface area contributed by atoms with Crippen LogP contribution in [0.2, 0.25) is 0 Å². The average Bonchev–Trinajstić information content (AvgIpc) is 2.92. The van der Waals surface area contributed by atoms with E-state index < -0.39 is 5.56 Å². The number of benzene rings is 3. The summed E-state index contributed by atoms with van der Waals surface area (Å²) in [6.07, 6.45) is 1.04. The van der Waals surface area contributed by atoms with Crippen LogP contribution < -0.4 is 20.3 Å². The van der Waals surface area contributed by atoms with Crippen LogP contribution in [0.4, 0.5) is 4.39 Å². The zero-order valence-corrected chi connectivity index (χ0v) is 20.4. The van der Waals surface area contributed by atoms with Gasteiger partial charge < -0.3 is 19.8 Å². The molecule has 1 aromatic heterocycles. The number of nitrogens with zero attached hydrogens (tertiary/aromatic N) is 2. The quantitative estimate of drug-likeness (QED) is 0.323. The predicted molar refractivity (Wildman–Crippen MR) is 137 cm³/mol. The maximum Gasteiger partial charge on any atom is 0.273 e. The molecule has 4 rings (SSSR count). The van der Waals surface area contributed by atoms with E-state index in [0.29, 0.717) is 29.2 Å². The van der Waals surface area contributed by atoms with E-state index >= 15 is 0 Å². The second kappa shape index (κ2) is 12.4. The third-order valence-electron chi connectivity index (χ3n) is 5.71. The Morgan fingerprint density at radius 2 is 1.76 bits per heavy atom. The normalized spacial score (nSPS) is 10.6. The van der Waals surface area contributed by atoms with Crippen molar-refractivity contribution in [2.75, 3.05) is 13.7 Å². The smallest absolute Gasteiger partial charge is 0.273 e. The fourth-order valence-electron chi connectivity index (χ4n) is 3.67. The van der Waals surface area contributed by atoms with E-state index in [1.807, 2.05) is 30.3 Å². The molecule has 8 nitrogen and oxygen atoms in total. The molecule has 0 saturated carbocycles. The molecule has 0 radical (unpaired) electrons. The van der Waals surface area contributed by atoms with Crippen molar-refractivity contribution in [3.8, 4) is 22.9 Å². The van der Waals surface area contributed by atoms with Crippen LogP contribution in [0, 0.1) is 5.82 Å². The van der Waals surface area contributed by atoms with E-state index in [9.17, 15) is 14.0 Å². The van der Waals surface area contributed by atoms with Gasteiger partial charge in [-0.15, -0.1) is 10.2 Å². The molecule has 0 atom stereocenters. The number of aromatic nitrogens is 3. The molecule has 0 saturated heterocycles. The standard InChI is InChI=1S/C28H27FN4O4/c1-36-25-17-20(11-13-24(25)37-18-21-9-5-6-10-22(21)29)27-31-28(35)23(32-33-27)12-14-26(34)30-16-15-19-7-3-2-4-8-19/h2-11,13,17H,12,14-16,18H2,1H3,(H,30,34)(H,31,33,35). The van der Waals surface area contributed by atoms with Gasteiger partial charge in [-0.3, -0.25) is 9.59 Å². The molecule has 0 aliphatic carbocycles. The number of halogens is 1. The maximum atomic E-state index is 13.9. The van der Waals surface area contributed by atoms with Crippen LogP contribution in [0.5, 0.6) is 11.5 Å². The molecule has 37 heavy (non-hydrogen) atoms. The lowest BCUT2D eigenvalue weighted by Crippen LogP contribution is -2.27. The van der Waals surface area contributed by atoms with E-state index in [1.165, 1.54) is 13.2 Å². The first-order valence-corrected chi connectivity index (χ1v) is 11.8. The van der Waals surface area contributed by atoms with Crippen molar-refractivity contribution in [3.63, 3.8) is 0 Å². The van der Waals surface area contributed by atoms with Crippen LogP contribution in [0.15, 0.2) is 77.6 Å². The summed E-state index contributed by atoms with van der Waals surface area (Å²) < 4.78 is 25.0. The van der Waals surface area contributed by atoms with Gasteiger partial charge in [0.25, 0.3) is 5.56 Å².